The van der Waals surface area contributed by atoms with E-state index in [0.29, 0.717) is 12.3 Å². The average Bonchev–Trinajstić information content (AvgIpc) is 2.39. The van der Waals surface area contributed by atoms with Crippen LogP contribution in [-0.2, 0) is 4.79 Å². The fraction of sp³-hybridized carbons (Fsp3) is 0.429. The van der Waals surface area contributed by atoms with Gasteiger partial charge in [0.15, 0.2) is 0 Å². The summed E-state index contributed by atoms with van der Waals surface area (Å²) >= 11 is 5.58. The van der Waals surface area contributed by atoms with Crippen LogP contribution in [-0.4, -0.2) is 17.6 Å². The van der Waals surface area contributed by atoms with Gasteiger partial charge in [-0.1, -0.05) is 13.3 Å². The van der Waals surface area contributed by atoms with Crippen LogP contribution in [0.3, 0.4) is 0 Å². The first kappa shape index (κ1) is 15.5. The molecule has 0 aliphatic carbocycles. The van der Waals surface area contributed by atoms with Crippen molar-refractivity contribution >= 4 is 34.7 Å². The Morgan fingerprint density at radius 1 is 1.47 bits per heavy atom. The normalized spacial score (nSPS) is 11.4. The number of alkyl halides is 1. The first-order valence-corrected chi connectivity index (χ1v) is 6.89. The van der Waals surface area contributed by atoms with E-state index < -0.39 is 0 Å². The second kappa shape index (κ2) is 7.79. The zero-order valence-electron chi connectivity index (χ0n) is 11.4. The molecule has 0 saturated carbocycles. The van der Waals surface area contributed by atoms with Gasteiger partial charge in [0.1, 0.15) is 5.84 Å². The van der Waals surface area contributed by atoms with Crippen LogP contribution in [0, 0.1) is 6.92 Å². The standard InChI is InChI=1S/C14H20ClN3O/c1-3-4-5-14(19)18-12-7-6-11(8-10(12)2)17-13(16)9-15/h6-8H,3-5,9H2,1-2H3,(H2,16,17)(H,18,19). The zero-order valence-corrected chi connectivity index (χ0v) is 12.1. The molecule has 1 amide bonds. The highest BCUT2D eigenvalue weighted by atomic mass is 35.5. The maximum atomic E-state index is 11.7. The predicted octanol–water partition coefficient (Wildman–Crippen LogP) is 3.35. The lowest BCUT2D eigenvalue weighted by Gasteiger charge is -2.09. The van der Waals surface area contributed by atoms with Crippen molar-refractivity contribution in [2.24, 2.45) is 10.7 Å². The molecule has 5 heteroatoms. The highest BCUT2D eigenvalue weighted by Crippen LogP contribution is 2.22. The van der Waals surface area contributed by atoms with Gasteiger partial charge < -0.3 is 11.1 Å². The molecule has 0 aliphatic heterocycles. The Labute approximate surface area is 119 Å². The van der Waals surface area contributed by atoms with E-state index in [2.05, 4.69) is 17.2 Å². The SMILES string of the molecule is CCCCC(=O)Nc1ccc(N=C(N)CCl)cc1C. The number of amidine groups is 1. The molecule has 0 saturated heterocycles. The molecule has 0 atom stereocenters. The molecule has 4 nitrogen and oxygen atoms in total. The van der Waals surface area contributed by atoms with Crippen LogP contribution >= 0.6 is 11.6 Å². The van der Waals surface area contributed by atoms with Gasteiger partial charge in [-0.3, -0.25) is 4.79 Å². The van der Waals surface area contributed by atoms with Crippen molar-refractivity contribution in [3.8, 4) is 0 Å². The lowest BCUT2D eigenvalue weighted by atomic mass is 10.1. The van der Waals surface area contributed by atoms with Crippen LogP contribution < -0.4 is 11.1 Å². The number of benzene rings is 1. The van der Waals surface area contributed by atoms with E-state index in [9.17, 15) is 4.79 Å². The average molecular weight is 282 g/mol. The molecule has 0 heterocycles. The number of nitrogens with zero attached hydrogens (tertiary/aromatic N) is 1. The largest absolute Gasteiger partial charge is 0.386 e. The first-order chi connectivity index (χ1) is 9.06. The van der Waals surface area contributed by atoms with Gasteiger partial charge >= 0.3 is 0 Å². The van der Waals surface area contributed by atoms with E-state index in [1.165, 1.54) is 0 Å². The van der Waals surface area contributed by atoms with Crippen molar-refractivity contribution in [1.29, 1.82) is 0 Å². The molecule has 1 aromatic carbocycles. The quantitative estimate of drug-likeness (QED) is 0.477. The lowest BCUT2D eigenvalue weighted by Crippen LogP contribution is -2.13. The van der Waals surface area contributed by atoms with E-state index in [1.807, 2.05) is 25.1 Å². The Balaban J connectivity index is 2.75. The van der Waals surface area contributed by atoms with Gasteiger partial charge in [0.2, 0.25) is 5.91 Å². The third-order valence-electron chi connectivity index (χ3n) is 2.65. The van der Waals surface area contributed by atoms with E-state index in [0.717, 1.165) is 29.8 Å². The predicted molar refractivity (Wildman–Crippen MR) is 81.3 cm³/mol. The molecular formula is C14H20ClN3O. The van der Waals surface area contributed by atoms with Gasteiger partial charge in [-0.2, -0.15) is 0 Å². The number of aliphatic imine (C=N–C) groups is 1. The van der Waals surface area contributed by atoms with Crippen molar-refractivity contribution < 1.29 is 4.79 Å². The molecule has 0 aliphatic rings. The number of halogens is 1. The summed E-state index contributed by atoms with van der Waals surface area (Å²) in [5, 5.41) is 2.89. The molecule has 1 rings (SSSR count). The highest BCUT2D eigenvalue weighted by Gasteiger charge is 2.05. The summed E-state index contributed by atoms with van der Waals surface area (Å²) in [5.41, 5.74) is 8.08. The highest BCUT2D eigenvalue weighted by molar-refractivity contribution is 6.28. The summed E-state index contributed by atoms with van der Waals surface area (Å²) in [6.07, 6.45) is 2.46. The minimum Gasteiger partial charge on any atom is -0.386 e. The van der Waals surface area contributed by atoms with Gasteiger partial charge in [0.05, 0.1) is 11.6 Å². The molecule has 0 spiro atoms. The second-order valence-corrected chi connectivity index (χ2v) is 4.65. The smallest absolute Gasteiger partial charge is 0.224 e. The van der Waals surface area contributed by atoms with Gasteiger partial charge in [-0.05, 0) is 37.1 Å². The van der Waals surface area contributed by atoms with Crippen LogP contribution in [0.2, 0.25) is 0 Å². The van der Waals surface area contributed by atoms with Crippen molar-refractivity contribution in [2.45, 2.75) is 33.1 Å². The fourth-order valence-electron chi connectivity index (χ4n) is 1.60. The Morgan fingerprint density at radius 2 is 2.21 bits per heavy atom. The fourth-order valence-corrected chi connectivity index (χ4v) is 1.66. The summed E-state index contributed by atoms with van der Waals surface area (Å²) in [7, 11) is 0. The number of aryl methyl sites for hydroxylation is 1. The van der Waals surface area contributed by atoms with Gasteiger partial charge in [0.25, 0.3) is 0 Å². The maximum absolute atomic E-state index is 11.7. The van der Waals surface area contributed by atoms with Gasteiger partial charge in [0, 0.05) is 12.1 Å². The van der Waals surface area contributed by atoms with Crippen LogP contribution in [0.25, 0.3) is 0 Å². The summed E-state index contributed by atoms with van der Waals surface area (Å²) in [6.45, 7) is 3.98. The summed E-state index contributed by atoms with van der Waals surface area (Å²) in [5.74, 6) is 0.622. The number of rotatable bonds is 6. The van der Waals surface area contributed by atoms with Crippen LogP contribution in [0.4, 0.5) is 11.4 Å². The molecule has 0 unspecified atom stereocenters. The van der Waals surface area contributed by atoms with E-state index in [1.54, 1.807) is 0 Å². The Kier molecular flexibility index (Phi) is 6.36. The Bertz CT molecular complexity index is 472. The van der Waals surface area contributed by atoms with E-state index in [4.69, 9.17) is 17.3 Å². The molecule has 1 aromatic rings. The van der Waals surface area contributed by atoms with E-state index >= 15 is 0 Å². The molecule has 0 radical (unpaired) electrons. The molecular weight excluding hydrogens is 262 g/mol. The topological polar surface area (TPSA) is 67.5 Å². The van der Waals surface area contributed by atoms with Crippen LogP contribution in [0.5, 0.6) is 0 Å². The number of nitrogens with one attached hydrogen (secondary N) is 1. The number of nitrogens with two attached hydrogens (primary N) is 1. The summed E-state index contributed by atoms with van der Waals surface area (Å²) in [4.78, 5) is 15.8. The van der Waals surface area contributed by atoms with Gasteiger partial charge in [-0.25, -0.2) is 4.99 Å². The molecule has 0 fully saturated rings. The Morgan fingerprint density at radius 3 is 2.79 bits per heavy atom. The maximum Gasteiger partial charge on any atom is 0.224 e. The van der Waals surface area contributed by atoms with Crippen molar-refractivity contribution in [1.82, 2.24) is 0 Å². The van der Waals surface area contributed by atoms with Crippen LogP contribution in [0.15, 0.2) is 23.2 Å². The van der Waals surface area contributed by atoms with Crippen molar-refractivity contribution in [3.63, 3.8) is 0 Å². The van der Waals surface area contributed by atoms with E-state index in [-0.39, 0.29) is 11.8 Å². The van der Waals surface area contributed by atoms with Gasteiger partial charge in [-0.15, -0.1) is 11.6 Å². The molecule has 0 bridgehead atoms. The number of amides is 1. The lowest BCUT2D eigenvalue weighted by molar-refractivity contribution is -0.116. The summed E-state index contributed by atoms with van der Waals surface area (Å²) in [6, 6.07) is 5.51. The third kappa shape index (κ3) is 5.30. The molecule has 0 aromatic heterocycles. The Hall–Kier alpha value is -1.55. The summed E-state index contributed by atoms with van der Waals surface area (Å²) < 4.78 is 0. The molecule has 3 N–H and O–H groups in total. The minimum absolute atomic E-state index is 0.0430. The number of carbonyl (C=O) groups is 1. The third-order valence-corrected chi connectivity index (χ3v) is 2.92. The van der Waals surface area contributed by atoms with Crippen molar-refractivity contribution in [3.05, 3.63) is 23.8 Å². The number of hydrogen-bond donors (Lipinski definition) is 2. The van der Waals surface area contributed by atoms with Crippen molar-refractivity contribution in [2.75, 3.05) is 11.2 Å². The molecule has 104 valence electrons. The minimum atomic E-state index is 0.0430. The number of anilines is 1. The number of unbranched alkanes of at least 4 members (excludes halogenated alkanes) is 1. The number of carbonyl (C=O) groups excluding carboxylic acids is 1. The first-order valence-electron chi connectivity index (χ1n) is 6.36. The zero-order chi connectivity index (χ0) is 14.3. The number of hydrogen-bond acceptors (Lipinski definition) is 2. The molecule has 19 heavy (non-hydrogen) atoms. The van der Waals surface area contributed by atoms with Crippen LogP contribution in [0.1, 0.15) is 31.7 Å². The monoisotopic (exact) mass is 281 g/mol. The second-order valence-electron chi connectivity index (χ2n) is 4.39.